The number of aliphatic hydroxyl groups excluding tert-OH is 6. The van der Waals surface area contributed by atoms with E-state index in [1.807, 2.05) is 0 Å². The van der Waals surface area contributed by atoms with Gasteiger partial charge in [0.1, 0.15) is 93.3 Å². The first kappa shape index (κ1) is 33.0. The Labute approximate surface area is 271 Å². The molecule has 4 unspecified atom stereocenters. The Morgan fingerprint density at radius 1 is 0.826 bits per heavy atom. The largest absolute Gasteiger partial charge is 0.394 e. The van der Waals surface area contributed by atoms with Crippen molar-refractivity contribution in [3.8, 4) is 22.6 Å². The predicted molar refractivity (Wildman–Crippen MR) is 157 cm³/mol. The summed E-state index contributed by atoms with van der Waals surface area (Å²) in [4.78, 5) is 4.14. The van der Waals surface area contributed by atoms with Crippen molar-refractivity contribution in [3.63, 3.8) is 0 Å². The summed E-state index contributed by atoms with van der Waals surface area (Å²) in [6, 6.07) is -0.596. The Kier molecular flexibility index (Phi) is 9.56. The second-order valence-corrected chi connectivity index (χ2v) is 13.0. The summed E-state index contributed by atoms with van der Waals surface area (Å²) in [5, 5.41) is 81.8. The Hall–Kier alpha value is -2.89. The van der Waals surface area contributed by atoms with E-state index in [1.165, 1.54) is 28.4 Å². The Morgan fingerprint density at radius 3 is 1.80 bits per heavy atom. The fraction of sp³-hybridized carbons (Fsp3) is 0.480. The molecule has 2 aliphatic rings. The van der Waals surface area contributed by atoms with Crippen molar-refractivity contribution in [2.45, 2.75) is 59.6 Å². The number of aliphatic hydroxyl groups is 6. The fourth-order valence-corrected chi connectivity index (χ4v) is 7.31. The number of thiazole rings is 1. The van der Waals surface area contributed by atoms with Crippen LogP contribution in [-0.4, -0.2) is 126 Å². The first-order valence-electron chi connectivity index (χ1n) is 13.6. The van der Waals surface area contributed by atoms with Crippen molar-refractivity contribution in [2.75, 3.05) is 18.9 Å². The molecule has 4 aromatic rings. The molecule has 2 aliphatic heterocycles. The zero-order valence-corrected chi connectivity index (χ0v) is 25.6. The Morgan fingerprint density at radius 2 is 1.33 bits per heavy atom. The van der Waals surface area contributed by atoms with Gasteiger partial charge < -0.3 is 45.8 Å². The maximum absolute atomic E-state index is 14.1. The molecular formula is C25H27ClF2N8O8S2. The van der Waals surface area contributed by atoms with E-state index in [0.29, 0.717) is 16.5 Å². The fourth-order valence-electron chi connectivity index (χ4n) is 5.32. The predicted octanol–water partition coefficient (Wildman–Crippen LogP) is -0.433. The third-order valence-corrected chi connectivity index (χ3v) is 10.0. The lowest BCUT2D eigenvalue weighted by Crippen LogP contribution is -2.58. The number of nitrogens with zero attached hydrogens (tertiary/aromatic N) is 7. The molecule has 5 heterocycles. The summed E-state index contributed by atoms with van der Waals surface area (Å²) in [7, 11) is 0. The molecule has 0 aliphatic carbocycles. The highest BCUT2D eigenvalue weighted by Crippen LogP contribution is 2.42. The van der Waals surface area contributed by atoms with Gasteiger partial charge in [0.2, 0.25) is 0 Å². The lowest BCUT2D eigenvalue weighted by Gasteiger charge is -2.46. The van der Waals surface area contributed by atoms with E-state index in [1.54, 1.807) is 5.38 Å². The quantitative estimate of drug-likeness (QED) is 0.115. The number of aromatic nitrogens is 7. The van der Waals surface area contributed by atoms with E-state index in [2.05, 4.69) is 25.6 Å². The van der Waals surface area contributed by atoms with E-state index in [-0.39, 0.29) is 11.3 Å². The van der Waals surface area contributed by atoms with Gasteiger partial charge in [-0.3, -0.25) is 0 Å². The SMILES string of the molecule is Nc1nc(-c2cn(C3C(O)[C@@H](CO)O[C@@H](S[C@@H]4OC(CO)[C@H](O)[C@H](n5cc(-c6cc(F)c(Cl)c(F)c6)nn5)C4O)[C@@H]3O)nn2)cs1. The van der Waals surface area contributed by atoms with Crippen LogP contribution in [0.15, 0.2) is 29.9 Å². The second kappa shape index (κ2) is 13.3. The van der Waals surface area contributed by atoms with Crippen molar-refractivity contribution < 1.29 is 48.9 Å². The van der Waals surface area contributed by atoms with E-state index in [9.17, 15) is 39.4 Å². The van der Waals surface area contributed by atoms with Gasteiger partial charge >= 0.3 is 0 Å². The minimum absolute atomic E-state index is 0.00805. The molecule has 248 valence electrons. The zero-order valence-electron chi connectivity index (χ0n) is 23.2. The monoisotopic (exact) mass is 704 g/mol. The number of anilines is 1. The summed E-state index contributed by atoms with van der Waals surface area (Å²) >= 11 is 7.52. The van der Waals surface area contributed by atoms with E-state index < -0.39 is 89.5 Å². The van der Waals surface area contributed by atoms with E-state index in [4.69, 9.17) is 26.8 Å². The standard InChI is InChI=1S/C25H27ClF2N8O8S2/c26-16-9(27)1-8(2-10(16)28)11-3-35(33-31-11)17-19(39)14(5-37)43-23(21(17)41)46-24-22(42)18(20(40)15(6-38)44-24)36-4-12(32-34-36)13-7-45-25(29)30-13/h1-4,7,14-15,17-24,37-42H,5-6H2,(H2,29,30)/t14?,15-,17+,18?,19+,20?,21?,22-,23+,24+/m1/s1. The normalized spacial score (nSPS) is 31.8. The minimum atomic E-state index is -1.59. The van der Waals surface area contributed by atoms with Gasteiger partial charge in [0.25, 0.3) is 0 Å². The van der Waals surface area contributed by atoms with Crippen LogP contribution in [0.2, 0.25) is 5.02 Å². The topological polar surface area (TPSA) is 240 Å². The van der Waals surface area contributed by atoms with Gasteiger partial charge in [0.15, 0.2) is 5.13 Å². The smallest absolute Gasteiger partial charge is 0.180 e. The number of hydrogen-bond acceptors (Lipinski definition) is 16. The molecule has 1 aromatic carbocycles. The van der Waals surface area contributed by atoms with Gasteiger partial charge in [-0.25, -0.2) is 23.1 Å². The second-order valence-electron chi connectivity index (χ2n) is 10.5. The molecule has 8 N–H and O–H groups in total. The van der Waals surface area contributed by atoms with Crippen molar-refractivity contribution in [1.29, 1.82) is 0 Å². The molecule has 0 spiro atoms. The number of rotatable bonds is 8. The Bertz CT molecular complexity index is 1660. The highest BCUT2D eigenvalue weighted by Gasteiger charge is 2.51. The van der Waals surface area contributed by atoms with Crippen LogP contribution in [0.25, 0.3) is 22.6 Å². The van der Waals surface area contributed by atoms with Crippen LogP contribution in [0.4, 0.5) is 13.9 Å². The molecule has 3 aromatic heterocycles. The molecule has 0 saturated carbocycles. The number of ether oxygens (including phenoxy) is 2. The lowest BCUT2D eigenvalue weighted by molar-refractivity contribution is -0.189. The third-order valence-electron chi connectivity index (χ3n) is 7.66. The lowest BCUT2D eigenvalue weighted by atomic mass is 9.97. The number of benzene rings is 1. The maximum Gasteiger partial charge on any atom is 0.180 e. The number of nitrogen functional groups attached to an aromatic ring is 1. The molecule has 10 atom stereocenters. The molecule has 2 saturated heterocycles. The minimum Gasteiger partial charge on any atom is -0.394 e. The van der Waals surface area contributed by atoms with Gasteiger partial charge in [-0.2, -0.15) is 0 Å². The van der Waals surface area contributed by atoms with Gasteiger partial charge in [-0.05, 0) is 12.1 Å². The van der Waals surface area contributed by atoms with Crippen LogP contribution < -0.4 is 5.73 Å². The van der Waals surface area contributed by atoms with Crippen LogP contribution in [-0.2, 0) is 9.47 Å². The maximum atomic E-state index is 14.1. The average molecular weight is 705 g/mol. The average Bonchev–Trinajstić information content (AvgIpc) is 3.80. The summed E-state index contributed by atoms with van der Waals surface area (Å²) < 4.78 is 42.0. The van der Waals surface area contributed by atoms with Crippen LogP contribution in [0.3, 0.4) is 0 Å². The van der Waals surface area contributed by atoms with Gasteiger partial charge in [-0.1, -0.05) is 33.8 Å². The molecule has 0 amide bonds. The molecule has 0 bridgehead atoms. The summed E-state index contributed by atoms with van der Waals surface area (Å²) in [6.45, 7) is -1.33. The number of hydrogen-bond donors (Lipinski definition) is 7. The molecular weight excluding hydrogens is 678 g/mol. The Balaban J connectivity index is 1.25. The van der Waals surface area contributed by atoms with Crippen LogP contribution in [0.5, 0.6) is 0 Å². The van der Waals surface area contributed by atoms with E-state index >= 15 is 0 Å². The summed E-state index contributed by atoms with van der Waals surface area (Å²) in [5.41, 5.74) is 3.88. The van der Waals surface area contributed by atoms with Crippen LogP contribution in [0, 0.1) is 11.6 Å². The van der Waals surface area contributed by atoms with Crippen molar-refractivity contribution >= 4 is 39.8 Å². The van der Waals surface area contributed by atoms with Gasteiger partial charge in [-0.15, -0.1) is 21.5 Å². The number of nitrogens with two attached hydrogens (primary N) is 1. The zero-order chi connectivity index (χ0) is 32.9. The van der Waals surface area contributed by atoms with E-state index in [0.717, 1.165) is 28.6 Å². The van der Waals surface area contributed by atoms with Crippen LogP contribution in [0.1, 0.15) is 12.1 Å². The molecule has 21 heteroatoms. The highest BCUT2D eigenvalue weighted by atomic mass is 35.5. The highest BCUT2D eigenvalue weighted by molar-refractivity contribution is 8.00. The molecule has 2 fully saturated rings. The molecule has 16 nitrogen and oxygen atoms in total. The van der Waals surface area contributed by atoms with Crippen molar-refractivity contribution in [1.82, 2.24) is 35.0 Å². The van der Waals surface area contributed by atoms with Crippen LogP contribution >= 0.6 is 34.7 Å². The molecule has 46 heavy (non-hydrogen) atoms. The van der Waals surface area contributed by atoms with Gasteiger partial charge in [0, 0.05) is 10.9 Å². The number of halogens is 3. The molecule has 0 radical (unpaired) electrons. The first-order valence-corrected chi connectivity index (χ1v) is 15.8. The van der Waals surface area contributed by atoms with Crippen molar-refractivity contribution in [2.24, 2.45) is 0 Å². The summed E-state index contributed by atoms with van der Waals surface area (Å²) in [6.07, 6.45) is -5.87. The number of thioether (sulfide) groups is 1. The third kappa shape index (κ3) is 6.10. The first-order chi connectivity index (χ1) is 22.0. The van der Waals surface area contributed by atoms with Gasteiger partial charge in [0.05, 0.1) is 25.6 Å². The molecule has 6 rings (SSSR count). The summed E-state index contributed by atoms with van der Waals surface area (Å²) in [5.74, 6) is -2.06. The van der Waals surface area contributed by atoms with Crippen molar-refractivity contribution in [3.05, 3.63) is 46.6 Å².